The normalized spacial score (nSPS) is 36.4. The second-order valence-electron chi connectivity index (χ2n) is 23.4. The molecular formula is C59H93N3O17. The summed E-state index contributed by atoms with van der Waals surface area (Å²) in [6.07, 6.45) is -2.24. The lowest BCUT2D eigenvalue weighted by atomic mass is 9.77. The maximum Gasteiger partial charge on any atom is 0.341 e. The van der Waals surface area contributed by atoms with Crippen molar-refractivity contribution in [2.45, 2.75) is 224 Å². The number of unbranched alkanes of at least 4 members (excludes halogenated alkanes) is 2. The van der Waals surface area contributed by atoms with Gasteiger partial charge in [0.1, 0.15) is 47.8 Å². The molecule has 18 atom stereocenters. The van der Waals surface area contributed by atoms with Crippen molar-refractivity contribution in [1.29, 1.82) is 0 Å². The Morgan fingerprint density at radius 2 is 1.62 bits per heavy atom. The fourth-order valence-corrected chi connectivity index (χ4v) is 12.2. The maximum atomic E-state index is 14.7. The number of aryl methyl sites for hydroxylation is 1. The SMILES string of the molecule is CC[C@H]1OC(=O)[C@H](C)[C@@H](O[C@H]2C[C@@](C)(OC)[C@@H](OC(=O)CCCCCOC#Cc3ccc4c(c3)c(=O)c(C(=O)O)cn4CC)[C@H](C)O2)[C@H](C)[C@@H](O[C@@H]2O[C@H](C)C[C@H](N(C)C)[C@H]2O)[C@](C)(O)C[C@@H](C)CN(C)[C@H](C)[C@@H](OC)[C@]1(C)O. The lowest BCUT2D eigenvalue weighted by Crippen LogP contribution is -2.61. The van der Waals surface area contributed by atoms with Crippen molar-refractivity contribution in [1.82, 2.24) is 14.4 Å². The Bertz CT molecular complexity index is 2470. The molecule has 20 heteroatoms. The molecule has 0 spiro atoms. The molecule has 0 aliphatic carbocycles. The summed E-state index contributed by atoms with van der Waals surface area (Å²) in [6, 6.07) is 4.37. The van der Waals surface area contributed by atoms with Gasteiger partial charge in [-0.05, 0) is 145 Å². The molecular weight excluding hydrogens is 1020 g/mol. The topological polar surface area (TPSA) is 244 Å². The first-order valence-corrected chi connectivity index (χ1v) is 28.2. The average molecular weight is 1120 g/mol. The first-order chi connectivity index (χ1) is 37.0. The molecule has 3 aliphatic heterocycles. The molecule has 1 aromatic carbocycles. The van der Waals surface area contributed by atoms with Crippen molar-refractivity contribution in [3.63, 3.8) is 0 Å². The van der Waals surface area contributed by atoms with E-state index in [4.69, 9.17) is 42.6 Å². The number of methoxy groups -OCH3 is 2. The molecule has 3 aliphatic rings. The van der Waals surface area contributed by atoms with E-state index in [2.05, 4.69) is 16.9 Å². The van der Waals surface area contributed by atoms with Gasteiger partial charge in [0.25, 0.3) is 0 Å². The van der Waals surface area contributed by atoms with Crippen LogP contribution in [0.2, 0.25) is 0 Å². The monoisotopic (exact) mass is 1120 g/mol. The number of aromatic nitrogens is 1. The van der Waals surface area contributed by atoms with Gasteiger partial charge < -0.3 is 77.4 Å². The highest BCUT2D eigenvalue weighted by molar-refractivity contribution is 5.93. The Morgan fingerprint density at radius 3 is 2.24 bits per heavy atom. The minimum Gasteiger partial charge on any atom is -0.477 e. The third kappa shape index (κ3) is 15.9. The van der Waals surface area contributed by atoms with Gasteiger partial charge in [0.15, 0.2) is 18.7 Å². The number of aliphatic hydroxyl groups is 3. The number of pyridine rings is 1. The van der Waals surface area contributed by atoms with Crippen LogP contribution >= 0.6 is 0 Å². The Morgan fingerprint density at radius 1 is 0.924 bits per heavy atom. The standard InChI is InChI=1S/C59H93N3O17/c1-17-45-59(11,70)52(71-15)38(7)61(14)32-34(3)30-57(9,69)51(79-56-49(65)44(60(12)13)28-35(4)74-56)36(5)50(37(6)55(68)76-45)78-47-31-58(10,72-16)53(39(8)75-47)77-46(63)22-20-19-21-26-73-27-25-40-23-24-43-41(29-40)48(64)42(54(66)67)33-62(43)18-2/h23-24,29,33-39,44-45,47,49-53,56,65,69-70H,17-22,26,28,30-32H2,1-16H3,(H,66,67)/t34-,35-,36+,37-,38-,39+,44+,45-,47+,49-,50+,51-,52-,53+,56+,57-,58-,59-/m1/s1. The van der Waals surface area contributed by atoms with E-state index in [1.54, 1.807) is 50.5 Å². The van der Waals surface area contributed by atoms with Gasteiger partial charge in [0.2, 0.25) is 5.43 Å². The van der Waals surface area contributed by atoms with Crippen molar-refractivity contribution in [3.8, 4) is 12.0 Å². The van der Waals surface area contributed by atoms with Crippen LogP contribution in [0.25, 0.3) is 10.9 Å². The number of carbonyl (C=O) groups excluding carboxylic acids is 2. The van der Waals surface area contributed by atoms with Crippen LogP contribution in [0.5, 0.6) is 0 Å². The summed E-state index contributed by atoms with van der Waals surface area (Å²) in [7, 11) is 8.73. The number of ether oxygens (including phenoxy) is 9. The molecule has 1 aromatic heterocycles. The summed E-state index contributed by atoms with van der Waals surface area (Å²) in [5.74, 6) is -1.56. The maximum absolute atomic E-state index is 14.7. The van der Waals surface area contributed by atoms with Gasteiger partial charge in [-0.25, -0.2) is 4.79 Å². The zero-order chi connectivity index (χ0) is 58.9. The average Bonchev–Trinajstić information content (AvgIpc) is 3.40. The molecule has 79 heavy (non-hydrogen) atoms. The molecule has 0 amide bonds. The lowest BCUT2D eigenvalue weighted by Gasteiger charge is -2.49. The molecule has 20 nitrogen and oxygen atoms in total. The Kier molecular flexibility index (Phi) is 23.4. The predicted molar refractivity (Wildman–Crippen MR) is 295 cm³/mol. The summed E-state index contributed by atoms with van der Waals surface area (Å²) in [4.78, 5) is 56.7. The third-order valence-electron chi connectivity index (χ3n) is 16.7. The number of carbonyl (C=O) groups is 3. The van der Waals surface area contributed by atoms with E-state index >= 15 is 0 Å². The van der Waals surface area contributed by atoms with Gasteiger partial charge in [0.05, 0.1) is 41.5 Å². The number of esters is 2. The van der Waals surface area contributed by atoms with Gasteiger partial charge in [0, 0.05) is 75.3 Å². The van der Waals surface area contributed by atoms with Crippen LogP contribution in [-0.2, 0) is 58.8 Å². The number of rotatable bonds is 17. The zero-order valence-electron chi connectivity index (χ0n) is 49.7. The van der Waals surface area contributed by atoms with E-state index in [1.807, 2.05) is 74.5 Å². The van der Waals surface area contributed by atoms with Gasteiger partial charge in [-0.1, -0.05) is 20.8 Å². The van der Waals surface area contributed by atoms with Crippen molar-refractivity contribution in [3.05, 3.63) is 45.7 Å². The fraction of sp³-hybridized carbons (Fsp3) is 0.763. The Hall–Kier alpha value is -4.24. The number of aliphatic hydroxyl groups excluding tert-OH is 1. The largest absolute Gasteiger partial charge is 0.477 e. The highest BCUT2D eigenvalue weighted by Gasteiger charge is 2.54. The molecule has 0 unspecified atom stereocenters. The summed E-state index contributed by atoms with van der Waals surface area (Å²) < 4.78 is 58.4. The third-order valence-corrected chi connectivity index (χ3v) is 16.7. The molecule has 5 rings (SSSR count). The summed E-state index contributed by atoms with van der Waals surface area (Å²) in [5.41, 5.74) is -4.16. The smallest absolute Gasteiger partial charge is 0.341 e. The van der Waals surface area contributed by atoms with Crippen LogP contribution in [0.15, 0.2) is 29.2 Å². The van der Waals surface area contributed by atoms with Crippen LogP contribution in [-0.4, -0.2) is 192 Å². The van der Waals surface area contributed by atoms with E-state index in [-0.39, 0.29) is 67.3 Å². The number of cyclic esters (lactones) is 1. The number of carboxylic acid groups (broad SMARTS) is 1. The molecule has 4 heterocycles. The summed E-state index contributed by atoms with van der Waals surface area (Å²) in [6.45, 7) is 21.2. The predicted octanol–water partition coefficient (Wildman–Crippen LogP) is 5.72. The summed E-state index contributed by atoms with van der Waals surface area (Å²) in [5, 5.41) is 46.6. The van der Waals surface area contributed by atoms with Crippen molar-refractivity contribution < 1.29 is 77.4 Å². The first-order valence-electron chi connectivity index (χ1n) is 28.2. The first kappa shape index (κ1) is 65.6. The minimum absolute atomic E-state index is 0.0615. The number of fused-ring (bicyclic) bond motifs is 1. The van der Waals surface area contributed by atoms with Gasteiger partial charge in [-0.2, -0.15) is 0 Å². The van der Waals surface area contributed by atoms with E-state index in [0.717, 1.165) is 0 Å². The number of nitrogens with zero attached hydrogens (tertiary/aromatic N) is 3. The van der Waals surface area contributed by atoms with Crippen LogP contribution in [0, 0.1) is 29.8 Å². The van der Waals surface area contributed by atoms with Crippen molar-refractivity contribution in [2.75, 3.05) is 48.5 Å². The minimum atomic E-state index is -1.63. The van der Waals surface area contributed by atoms with E-state index in [1.165, 1.54) is 20.4 Å². The summed E-state index contributed by atoms with van der Waals surface area (Å²) >= 11 is 0. The number of likely N-dealkylation sites (N-methyl/N-ethyl adjacent to an activating group) is 2. The number of carboxylic acids is 1. The zero-order valence-corrected chi connectivity index (χ0v) is 49.7. The molecule has 0 radical (unpaired) electrons. The van der Waals surface area contributed by atoms with Gasteiger partial charge in [-0.3, -0.25) is 14.4 Å². The number of aromatic carboxylic acids is 1. The molecule has 3 saturated heterocycles. The number of hydrogen-bond donors (Lipinski definition) is 4. The molecule has 0 bridgehead atoms. The highest BCUT2D eigenvalue weighted by atomic mass is 16.7. The second-order valence-corrected chi connectivity index (χ2v) is 23.4. The van der Waals surface area contributed by atoms with E-state index < -0.39 is 107 Å². The highest BCUT2D eigenvalue weighted by Crippen LogP contribution is 2.41. The van der Waals surface area contributed by atoms with Crippen LogP contribution in [0.3, 0.4) is 0 Å². The molecule has 0 saturated carbocycles. The second kappa shape index (κ2) is 28.2. The fourth-order valence-electron chi connectivity index (χ4n) is 12.2. The molecule has 446 valence electrons. The van der Waals surface area contributed by atoms with E-state index in [9.17, 15) is 39.6 Å². The molecule has 2 aromatic rings. The number of benzene rings is 1. The van der Waals surface area contributed by atoms with E-state index in [0.29, 0.717) is 49.9 Å². The Balaban J connectivity index is 1.32. The van der Waals surface area contributed by atoms with Crippen molar-refractivity contribution in [2.24, 2.45) is 17.8 Å². The van der Waals surface area contributed by atoms with Crippen molar-refractivity contribution >= 4 is 28.8 Å². The quantitative estimate of drug-likeness (QED) is 0.0840. The van der Waals surface area contributed by atoms with Crippen LogP contribution < -0.4 is 5.43 Å². The number of hydrogen-bond acceptors (Lipinski definition) is 18. The van der Waals surface area contributed by atoms with Gasteiger partial charge >= 0.3 is 17.9 Å². The molecule has 3 fully saturated rings. The van der Waals surface area contributed by atoms with Gasteiger partial charge in [-0.15, -0.1) is 0 Å². The Labute approximate surface area is 467 Å². The molecule has 4 N–H and O–H groups in total. The van der Waals surface area contributed by atoms with Crippen LogP contribution in [0.1, 0.15) is 143 Å². The lowest BCUT2D eigenvalue weighted by molar-refractivity contribution is -0.318. The van der Waals surface area contributed by atoms with Crippen LogP contribution in [0.4, 0.5) is 0 Å².